The van der Waals surface area contributed by atoms with Crippen LogP contribution in [0.1, 0.15) is 19.8 Å². The van der Waals surface area contributed by atoms with E-state index in [2.05, 4.69) is 5.32 Å². The lowest BCUT2D eigenvalue weighted by atomic mass is 10.3. The molecule has 0 amide bonds. The summed E-state index contributed by atoms with van der Waals surface area (Å²) in [5.41, 5.74) is 6.39. The average molecular weight is 287 g/mol. The summed E-state index contributed by atoms with van der Waals surface area (Å²) < 4.78 is 28.2. The van der Waals surface area contributed by atoms with Crippen LogP contribution in [-0.2, 0) is 14.8 Å². The number of hydrogen-bond acceptors (Lipinski definition) is 5. The first-order chi connectivity index (χ1) is 8.95. The van der Waals surface area contributed by atoms with Crippen LogP contribution in [0.15, 0.2) is 23.1 Å². The van der Waals surface area contributed by atoms with Crippen molar-refractivity contribution >= 4 is 21.4 Å². The SMILES string of the molecule is CCCOCCCNc1ccc(N)cc1S(N)(=O)=O. The van der Waals surface area contributed by atoms with Crippen LogP contribution in [-0.4, -0.2) is 28.2 Å². The molecule has 0 unspecified atom stereocenters. The summed E-state index contributed by atoms with van der Waals surface area (Å²) in [6, 6.07) is 4.60. The van der Waals surface area contributed by atoms with Crippen molar-refractivity contribution in [1.82, 2.24) is 0 Å². The number of ether oxygens (including phenoxy) is 1. The highest BCUT2D eigenvalue weighted by molar-refractivity contribution is 7.89. The molecule has 19 heavy (non-hydrogen) atoms. The van der Waals surface area contributed by atoms with Crippen LogP contribution < -0.4 is 16.2 Å². The number of hydrogen-bond donors (Lipinski definition) is 3. The summed E-state index contributed by atoms with van der Waals surface area (Å²) >= 11 is 0. The lowest BCUT2D eigenvalue weighted by molar-refractivity contribution is 0.134. The molecule has 0 atom stereocenters. The van der Waals surface area contributed by atoms with Gasteiger partial charge >= 0.3 is 0 Å². The first-order valence-corrected chi connectivity index (χ1v) is 7.73. The van der Waals surface area contributed by atoms with Crippen molar-refractivity contribution in [1.29, 1.82) is 0 Å². The molecular formula is C12H21N3O3S. The van der Waals surface area contributed by atoms with Gasteiger partial charge in [-0.1, -0.05) is 6.92 Å². The van der Waals surface area contributed by atoms with Crippen molar-refractivity contribution in [2.24, 2.45) is 5.14 Å². The third-order valence-corrected chi connectivity index (χ3v) is 3.39. The van der Waals surface area contributed by atoms with E-state index in [0.717, 1.165) is 19.4 Å². The van der Waals surface area contributed by atoms with E-state index in [1.165, 1.54) is 6.07 Å². The summed E-state index contributed by atoms with van der Waals surface area (Å²) in [6.45, 7) is 4.03. The molecule has 7 heteroatoms. The molecule has 1 rings (SSSR count). The number of sulfonamides is 1. The number of anilines is 2. The van der Waals surface area contributed by atoms with Crippen LogP contribution in [0.25, 0.3) is 0 Å². The van der Waals surface area contributed by atoms with E-state index < -0.39 is 10.0 Å². The molecule has 0 spiro atoms. The van der Waals surface area contributed by atoms with E-state index >= 15 is 0 Å². The third-order valence-electron chi connectivity index (χ3n) is 2.44. The molecular weight excluding hydrogens is 266 g/mol. The van der Waals surface area contributed by atoms with Gasteiger partial charge in [-0.15, -0.1) is 0 Å². The highest BCUT2D eigenvalue weighted by Gasteiger charge is 2.13. The highest BCUT2D eigenvalue weighted by atomic mass is 32.2. The molecule has 1 aromatic carbocycles. The van der Waals surface area contributed by atoms with Crippen LogP contribution in [0.3, 0.4) is 0 Å². The predicted molar refractivity (Wildman–Crippen MR) is 76.4 cm³/mol. The minimum atomic E-state index is -3.78. The van der Waals surface area contributed by atoms with Gasteiger partial charge < -0.3 is 15.8 Å². The van der Waals surface area contributed by atoms with Crippen LogP contribution in [0, 0.1) is 0 Å². The van der Waals surface area contributed by atoms with Crippen LogP contribution in [0.2, 0.25) is 0 Å². The fourth-order valence-corrected chi connectivity index (χ4v) is 2.31. The normalized spacial score (nSPS) is 11.5. The fraction of sp³-hybridized carbons (Fsp3) is 0.500. The van der Waals surface area contributed by atoms with Crippen LogP contribution >= 0.6 is 0 Å². The van der Waals surface area contributed by atoms with Gasteiger partial charge in [0.15, 0.2) is 0 Å². The van der Waals surface area contributed by atoms with Crippen molar-refractivity contribution in [3.63, 3.8) is 0 Å². The molecule has 0 aliphatic heterocycles. The fourth-order valence-electron chi connectivity index (χ4n) is 1.56. The Kier molecular flexibility index (Phi) is 6.07. The summed E-state index contributed by atoms with van der Waals surface area (Å²) in [4.78, 5) is 0.0157. The van der Waals surface area contributed by atoms with Crippen molar-refractivity contribution in [2.45, 2.75) is 24.7 Å². The zero-order valence-corrected chi connectivity index (χ0v) is 11.9. The maximum absolute atomic E-state index is 11.4. The Morgan fingerprint density at radius 2 is 2.05 bits per heavy atom. The second kappa shape index (κ2) is 7.32. The zero-order valence-electron chi connectivity index (χ0n) is 11.1. The Hall–Kier alpha value is -1.31. The summed E-state index contributed by atoms with van der Waals surface area (Å²) in [6.07, 6.45) is 1.77. The quantitative estimate of drug-likeness (QED) is 0.491. The van der Waals surface area contributed by atoms with Crippen LogP contribution in [0.5, 0.6) is 0 Å². The zero-order chi connectivity index (χ0) is 14.3. The van der Waals surface area contributed by atoms with Gasteiger partial charge in [-0.25, -0.2) is 13.6 Å². The number of primary sulfonamides is 1. The van der Waals surface area contributed by atoms with E-state index in [1.54, 1.807) is 12.1 Å². The molecule has 0 saturated carbocycles. The molecule has 6 nitrogen and oxygen atoms in total. The van der Waals surface area contributed by atoms with Gasteiger partial charge in [0.2, 0.25) is 10.0 Å². The van der Waals surface area contributed by atoms with E-state index in [4.69, 9.17) is 15.6 Å². The van der Waals surface area contributed by atoms with E-state index in [0.29, 0.717) is 24.5 Å². The smallest absolute Gasteiger partial charge is 0.240 e. The maximum atomic E-state index is 11.4. The second-order valence-corrected chi connectivity index (χ2v) is 5.72. The van der Waals surface area contributed by atoms with Crippen molar-refractivity contribution in [2.75, 3.05) is 30.8 Å². The van der Waals surface area contributed by atoms with Gasteiger partial charge in [0, 0.05) is 25.4 Å². The molecule has 0 fully saturated rings. The third kappa shape index (κ3) is 5.46. The molecule has 5 N–H and O–H groups in total. The molecule has 0 bridgehead atoms. The lowest BCUT2D eigenvalue weighted by Gasteiger charge is -2.11. The van der Waals surface area contributed by atoms with Crippen molar-refractivity contribution < 1.29 is 13.2 Å². The molecule has 0 saturated heterocycles. The first kappa shape index (κ1) is 15.7. The minimum absolute atomic E-state index is 0.0157. The Morgan fingerprint density at radius 3 is 2.68 bits per heavy atom. The van der Waals surface area contributed by atoms with Gasteiger partial charge in [0.05, 0.1) is 5.69 Å². The molecule has 0 heterocycles. The van der Waals surface area contributed by atoms with Gasteiger partial charge in [0.25, 0.3) is 0 Å². The minimum Gasteiger partial charge on any atom is -0.399 e. The lowest BCUT2D eigenvalue weighted by Crippen LogP contribution is -2.16. The average Bonchev–Trinajstić information content (AvgIpc) is 2.34. The number of benzene rings is 1. The van der Waals surface area contributed by atoms with Gasteiger partial charge in [-0.3, -0.25) is 0 Å². The first-order valence-electron chi connectivity index (χ1n) is 6.19. The molecule has 108 valence electrons. The van der Waals surface area contributed by atoms with Gasteiger partial charge in [0.1, 0.15) is 4.90 Å². The Bertz CT molecular complexity index is 503. The molecule has 0 radical (unpaired) electrons. The summed E-state index contributed by atoms with van der Waals surface area (Å²) in [7, 11) is -3.78. The predicted octanol–water partition coefficient (Wildman–Crippen LogP) is 1.14. The maximum Gasteiger partial charge on any atom is 0.240 e. The molecule has 0 aliphatic carbocycles. The monoisotopic (exact) mass is 287 g/mol. The Balaban J connectivity index is 2.59. The number of nitrogen functional groups attached to an aromatic ring is 1. The Morgan fingerprint density at radius 1 is 1.32 bits per heavy atom. The van der Waals surface area contributed by atoms with Crippen molar-refractivity contribution in [3.8, 4) is 0 Å². The van der Waals surface area contributed by atoms with E-state index in [1.807, 2.05) is 6.92 Å². The number of nitrogens with two attached hydrogens (primary N) is 2. The van der Waals surface area contributed by atoms with E-state index in [9.17, 15) is 8.42 Å². The highest BCUT2D eigenvalue weighted by Crippen LogP contribution is 2.22. The summed E-state index contributed by atoms with van der Waals surface area (Å²) in [5.74, 6) is 0. The van der Waals surface area contributed by atoms with Crippen LogP contribution in [0.4, 0.5) is 11.4 Å². The standard InChI is InChI=1S/C12H21N3O3S/c1-2-7-18-8-3-6-15-11-5-4-10(13)9-12(11)19(14,16)17/h4-5,9,15H,2-3,6-8,13H2,1H3,(H2,14,16,17). The molecule has 0 aliphatic rings. The topological polar surface area (TPSA) is 107 Å². The van der Waals surface area contributed by atoms with Crippen molar-refractivity contribution in [3.05, 3.63) is 18.2 Å². The second-order valence-electron chi connectivity index (χ2n) is 4.19. The number of rotatable bonds is 8. The molecule has 0 aromatic heterocycles. The van der Waals surface area contributed by atoms with Gasteiger partial charge in [-0.05, 0) is 31.0 Å². The van der Waals surface area contributed by atoms with E-state index in [-0.39, 0.29) is 4.90 Å². The molecule has 1 aromatic rings. The largest absolute Gasteiger partial charge is 0.399 e. The Labute approximate surface area is 114 Å². The van der Waals surface area contributed by atoms with Gasteiger partial charge in [-0.2, -0.15) is 0 Å². The summed E-state index contributed by atoms with van der Waals surface area (Å²) in [5, 5.41) is 8.18. The number of nitrogens with one attached hydrogen (secondary N) is 1.